The third-order valence-corrected chi connectivity index (χ3v) is 5.98. The van der Waals surface area contributed by atoms with Crippen LogP contribution in [0.15, 0.2) is 57.1 Å². The minimum absolute atomic E-state index is 0.0757. The Morgan fingerprint density at radius 2 is 1.79 bits per heavy atom. The largest absolute Gasteiger partial charge is 0.478 e. The van der Waals surface area contributed by atoms with Gasteiger partial charge in [0, 0.05) is 17.6 Å². The topological polar surface area (TPSA) is 123 Å². The maximum Gasteiger partial charge on any atom is 0.436 e. The Kier molecular flexibility index (Phi) is 5.36. The first-order valence-corrected chi connectivity index (χ1v) is 10.1. The third kappa shape index (κ3) is 3.69. The summed E-state index contributed by atoms with van der Waals surface area (Å²) >= 11 is 0.739. The lowest BCUT2D eigenvalue weighted by Gasteiger charge is -2.21. The van der Waals surface area contributed by atoms with E-state index >= 15 is 0 Å². The lowest BCUT2D eigenvalue weighted by Crippen LogP contribution is -2.30. The molecule has 1 aromatic carbocycles. The Labute approximate surface area is 187 Å². The predicted molar refractivity (Wildman–Crippen MR) is 111 cm³/mol. The number of carboxylic acid groups (broad SMARTS) is 2. The summed E-state index contributed by atoms with van der Waals surface area (Å²) < 4.78 is 41.6. The number of amides is 1. The van der Waals surface area contributed by atoms with Crippen LogP contribution in [0.2, 0.25) is 0 Å². The zero-order valence-electron chi connectivity index (χ0n) is 16.6. The number of hydrazone groups is 1. The number of thioether (sulfide) groups is 1. The molecule has 0 aliphatic carbocycles. The van der Waals surface area contributed by atoms with Crippen molar-refractivity contribution in [1.82, 2.24) is 4.98 Å². The minimum Gasteiger partial charge on any atom is -0.478 e. The second-order valence-corrected chi connectivity index (χ2v) is 7.78. The maximum absolute atomic E-state index is 13.9. The number of carbonyl (C=O) groups is 3. The van der Waals surface area contributed by atoms with Crippen LogP contribution in [0.3, 0.4) is 0 Å². The van der Waals surface area contributed by atoms with Crippen molar-refractivity contribution in [3.05, 3.63) is 58.3 Å². The molecule has 2 aliphatic heterocycles. The second-order valence-electron chi connectivity index (χ2n) is 6.75. The Morgan fingerprint density at radius 1 is 1.12 bits per heavy atom. The summed E-state index contributed by atoms with van der Waals surface area (Å²) in [5.74, 6) is -4.18. The molecule has 1 aromatic heterocycles. The van der Waals surface area contributed by atoms with E-state index in [2.05, 4.69) is 10.1 Å². The average molecular weight is 478 g/mol. The molecule has 2 aromatic rings. The number of anilines is 2. The molecule has 33 heavy (non-hydrogen) atoms. The van der Waals surface area contributed by atoms with Crippen LogP contribution in [-0.4, -0.2) is 51.5 Å². The number of carbonyl (C=O) groups excluding carboxylic acids is 1. The SMILES string of the molecule is CCN1/C(=C2\C(=O)N(c3ccccn3)N=C2C(F)(F)F)Sc2cc(C(=O)O)c(C(=O)O)cc21. The lowest BCUT2D eigenvalue weighted by atomic mass is 10.1. The van der Waals surface area contributed by atoms with Crippen molar-refractivity contribution in [3.8, 4) is 0 Å². The molecule has 3 heterocycles. The van der Waals surface area contributed by atoms with E-state index in [0.717, 1.165) is 23.9 Å². The quantitative estimate of drug-likeness (QED) is 0.640. The third-order valence-electron chi connectivity index (χ3n) is 4.81. The molecule has 0 bridgehead atoms. The smallest absolute Gasteiger partial charge is 0.436 e. The van der Waals surface area contributed by atoms with Crippen LogP contribution in [0.25, 0.3) is 0 Å². The number of rotatable bonds is 4. The number of pyridine rings is 1. The summed E-state index contributed by atoms with van der Waals surface area (Å²) in [6.45, 7) is 1.68. The van der Waals surface area contributed by atoms with Gasteiger partial charge in [-0.15, -0.1) is 0 Å². The molecule has 1 amide bonds. The monoisotopic (exact) mass is 478 g/mol. The summed E-state index contributed by atoms with van der Waals surface area (Å²) in [6.07, 6.45) is -3.68. The van der Waals surface area contributed by atoms with Gasteiger partial charge >= 0.3 is 18.1 Å². The number of aromatic carboxylic acids is 2. The summed E-state index contributed by atoms with van der Waals surface area (Å²) in [5.41, 5.74) is -3.02. The molecule has 0 radical (unpaired) electrons. The fourth-order valence-corrected chi connectivity index (χ4v) is 4.69. The van der Waals surface area contributed by atoms with Crippen LogP contribution in [0.1, 0.15) is 27.6 Å². The minimum atomic E-state index is -4.98. The van der Waals surface area contributed by atoms with Crippen LogP contribution in [0, 0.1) is 0 Å². The maximum atomic E-state index is 13.9. The van der Waals surface area contributed by atoms with Gasteiger partial charge in [0.25, 0.3) is 5.91 Å². The molecule has 170 valence electrons. The summed E-state index contributed by atoms with van der Waals surface area (Å²) in [6, 6.07) is 6.49. The number of hydrogen-bond donors (Lipinski definition) is 2. The van der Waals surface area contributed by atoms with E-state index in [4.69, 9.17) is 0 Å². The van der Waals surface area contributed by atoms with Gasteiger partial charge in [0.1, 0.15) is 5.57 Å². The molecule has 2 aliphatic rings. The molecule has 0 saturated carbocycles. The highest BCUT2D eigenvalue weighted by molar-refractivity contribution is 8.03. The van der Waals surface area contributed by atoms with E-state index in [-0.39, 0.29) is 28.0 Å². The van der Waals surface area contributed by atoms with E-state index in [0.29, 0.717) is 5.01 Å². The highest BCUT2D eigenvalue weighted by atomic mass is 32.2. The summed E-state index contributed by atoms with van der Waals surface area (Å²) in [4.78, 5) is 41.6. The Hall–Kier alpha value is -3.87. The zero-order chi connectivity index (χ0) is 24.1. The number of aromatic nitrogens is 1. The van der Waals surface area contributed by atoms with Gasteiger partial charge in [-0.05, 0) is 31.2 Å². The fraction of sp³-hybridized carbons (Fsp3) is 0.150. The first-order valence-electron chi connectivity index (χ1n) is 9.30. The first-order chi connectivity index (χ1) is 15.5. The van der Waals surface area contributed by atoms with Crippen molar-refractivity contribution in [2.45, 2.75) is 18.0 Å². The molecule has 0 saturated heterocycles. The van der Waals surface area contributed by atoms with Crippen molar-refractivity contribution in [2.75, 3.05) is 16.5 Å². The van der Waals surface area contributed by atoms with Crippen molar-refractivity contribution < 1.29 is 37.8 Å². The fourth-order valence-electron chi connectivity index (χ4n) is 3.41. The second kappa shape index (κ2) is 7.92. The van der Waals surface area contributed by atoms with E-state index in [9.17, 15) is 37.8 Å². The lowest BCUT2D eigenvalue weighted by molar-refractivity contribution is -0.114. The Bertz CT molecular complexity index is 1260. The normalized spacial score (nSPS) is 17.9. The van der Waals surface area contributed by atoms with E-state index in [1.54, 1.807) is 6.92 Å². The number of fused-ring (bicyclic) bond motifs is 1. The number of benzene rings is 1. The molecule has 2 N–H and O–H groups in total. The Morgan fingerprint density at radius 3 is 2.33 bits per heavy atom. The molecule has 0 fully saturated rings. The number of nitrogens with zero attached hydrogens (tertiary/aromatic N) is 4. The van der Waals surface area contributed by atoms with Gasteiger partial charge in [0.05, 0.1) is 21.8 Å². The van der Waals surface area contributed by atoms with E-state index < -0.39 is 46.4 Å². The van der Waals surface area contributed by atoms with Crippen molar-refractivity contribution in [2.24, 2.45) is 5.10 Å². The molecule has 9 nitrogen and oxygen atoms in total. The van der Waals surface area contributed by atoms with E-state index in [1.165, 1.54) is 29.3 Å². The summed E-state index contributed by atoms with van der Waals surface area (Å²) in [7, 11) is 0. The van der Waals surface area contributed by atoms with E-state index in [1.807, 2.05) is 0 Å². The van der Waals surface area contributed by atoms with Crippen LogP contribution in [-0.2, 0) is 4.79 Å². The van der Waals surface area contributed by atoms with Gasteiger partial charge in [0.15, 0.2) is 11.5 Å². The Balaban J connectivity index is 1.91. The van der Waals surface area contributed by atoms with Gasteiger partial charge in [-0.3, -0.25) is 4.79 Å². The number of carboxylic acids is 2. The number of halogens is 3. The van der Waals surface area contributed by atoms with Crippen LogP contribution < -0.4 is 9.91 Å². The standard InChI is InChI=1S/C20H13F3N4O5S/c1-2-26-11-7-9(18(29)30)10(19(31)32)8-12(11)33-17(26)14-15(20(21,22)23)25-27(16(14)28)13-5-3-4-6-24-13/h3-8H,2H2,1H3,(H,29,30)(H,31,32)/b17-14+. The molecule has 0 spiro atoms. The van der Waals surface area contributed by atoms with Crippen LogP contribution in [0.4, 0.5) is 24.7 Å². The van der Waals surface area contributed by atoms with Crippen molar-refractivity contribution in [1.29, 1.82) is 0 Å². The number of hydrogen-bond acceptors (Lipinski definition) is 7. The number of alkyl halides is 3. The van der Waals surface area contributed by atoms with Crippen LogP contribution in [0.5, 0.6) is 0 Å². The molecular weight excluding hydrogens is 465 g/mol. The zero-order valence-corrected chi connectivity index (χ0v) is 17.4. The summed E-state index contributed by atoms with van der Waals surface area (Å²) in [5, 5.41) is 22.7. The predicted octanol–water partition coefficient (Wildman–Crippen LogP) is 3.59. The van der Waals surface area contributed by atoms with Gasteiger partial charge in [0.2, 0.25) is 0 Å². The van der Waals surface area contributed by atoms with Crippen molar-refractivity contribution >= 4 is 46.8 Å². The van der Waals surface area contributed by atoms with Gasteiger partial charge in [-0.25, -0.2) is 14.6 Å². The molecule has 0 atom stereocenters. The molecule has 4 rings (SSSR count). The highest BCUT2D eigenvalue weighted by Crippen LogP contribution is 2.50. The first kappa shape index (κ1) is 22.3. The van der Waals surface area contributed by atoms with Crippen LogP contribution >= 0.6 is 11.8 Å². The molecule has 13 heteroatoms. The molecule has 0 unspecified atom stereocenters. The molecular formula is C20H13F3N4O5S. The van der Waals surface area contributed by atoms with Gasteiger partial charge in [-0.2, -0.15) is 23.3 Å². The average Bonchev–Trinajstić information content (AvgIpc) is 3.29. The van der Waals surface area contributed by atoms with Gasteiger partial charge in [-0.1, -0.05) is 17.8 Å². The van der Waals surface area contributed by atoms with Gasteiger partial charge < -0.3 is 15.1 Å². The highest BCUT2D eigenvalue weighted by Gasteiger charge is 2.50. The van der Waals surface area contributed by atoms with Crippen molar-refractivity contribution in [3.63, 3.8) is 0 Å².